The molecule has 0 bridgehead atoms. The second-order valence-corrected chi connectivity index (χ2v) is 5.01. The third-order valence-electron chi connectivity index (χ3n) is 3.47. The van der Waals surface area contributed by atoms with E-state index in [0.29, 0.717) is 11.7 Å². The summed E-state index contributed by atoms with van der Waals surface area (Å²) in [6, 6.07) is 1.53. The number of hydrogen-bond acceptors (Lipinski definition) is 3. The summed E-state index contributed by atoms with van der Waals surface area (Å²) in [5, 5.41) is 8.98. The Morgan fingerprint density at radius 3 is 2.53 bits per heavy atom. The maximum absolute atomic E-state index is 10.9. The molecule has 2 rings (SSSR count). The summed E-state index contributed by atoms with van der Waals surface area (Å²) in [5.74, 6) is 0.856. The zero-order valence-electron chi connectivity index (χ0n) is 10.3. The Balaban J connectivity index is 2.23. The third kappa shape index (κ3) is 2.81. The van der Waals surface area contributed by atoms with Crippen molar-refractivity contribution >= 4 is 5.97 Å². The van der Waals surface area contributed by atoms with Crippen LogP contribution in [-0.4, -0.2) is 21.0 Å². The number of rotatable bonds is 2. The second kappa shape index (κ2) is 4.82. The summed E-state index contributed by atoms with van der Waals surface area (Å²) in [6.07, 6.45) is 4.52. The summed E-state index contributed by atoms with van der Waals surface area (Å²) in [6.45, 7) is 4.08. The van der Waals surface area contributed by atoms with E-state index in [-0.39, 0.29) is 5.69 Å². The smallest absolute Gasteiger partial charge is 0.354 e. The van der Waals surface area contributed by atoms with E-state index in [2.05, 4.69) is 16.9 Å². The van der Waals surface area contributed by atoms with Crippen LogP contribution in [-0.2, 0) is 0 Å². The first kappa shape index (κ1) is 12.0. The lowest BCUT2D eigenvalue weighted by Gasteiger charge is -2.25. The highest BCUT2D eigenvalue weighted by Crippen LogP contribution is 2.33. The van der Waals surface area contributed by atoms with Crippen molar-refractivity contribution in [2.45, 2.75) is 45.4 Å². The van der Waals surface area contributed by atoms with E-state index in [4.69, 9.17) is 5.11 Å². The van der Waals surface area contributed by atoms with E-state index in [1.54, 1.807) is 0 Å². The number of hydrogen-bond donors (Lipinski definition) is 1. The van der Waals surface area contributed by atoms with E-state index >= 15 is 0 Å². The van der Waals surface area contributed by atoms with E-state index in [9.17, 15) is 4.79 Å². The van der Waals surface area contributed by atoms with Crippen LogP contribution < -0.4 is 0 Å². The van der Waals surface area contributed by atoms with Gasteiger partial charge in [0, 0.05) is 11.6 Å². The molecule has 1 aromatic heterocycles. The van der Waals surface area contributed by atoms with Gasteiger partial charge in [0.2, 0.25) is 0 Å². The van der Waals surface area contributed by atoms with Crippen molar-refractivity contribution in [3.63, 3.8) is 0 Å². The van der Waals surface area contributed by atoms with Gasteiger partial charge in [-0.1, -0.05) is 19.8 Å². The van der Waals surface area contributed by atoms with Gasteiger partial charge in [-0.3, -0.25) is 0 Å². The highest BCUT2D eigenvalue weighted by Gasteiger charge is 2.23. The minimum Gasteiger partial charge on any atom is -0.477 e. The quantitative estimate of drug-likeness (QED) is 0.854. The molecule has 1 aliphatic rings. The molecule has 0 saturated heterocycles. The van der Waals surface area contributed by atoms with Crippen LogP contribution in [0.1, 0.15) is 60.5 Å². The van der Waals surface area contributed by atoms with Crippen LogP contribution >= 0.6 is 0 Å². The Bertz CT molecular complexity index is 423. The fraction of sp³-hybridized carbons (Fsp3) is 0.615. The van der Waals surface area contributed by atoms with Gasteiger partial charge in [0.25, 0.3) is 0 Å². The molecule has 17 heavy (non-hydrogen) atoms. The number of carboxylic acid groups (broad SMARTS) is 1. The van der Waals surface area contributed by atoms with Crippen molar-refractivity contribution in [1.82, 2.24) is 9.97 Å². The Hall–Kier alpha value is -1.45. The molecule has 1 heterocycles. The molecule has 1 aliphatic carbocycles. The predicted octanol–water partition coefficient (Wildman–Crippen LogP) is 2.78. The second-order valence-electron chi connectivity index (χ2n) is 5.01. The average Bonchev–Trinajstić information content (AvgIpc) is 2.29. The third-order valence-corrected chi connectivity index (χ3v) is 3.47. The molecule has 4 nitrogen and oxygen atoms in total. The highest BCUT2D eigenvalue weighted by molar-refractivity contribution is 5.85. The van der Waals surface area contributed by atoms with Gasteiger partial charge in [-0.25, -0.2) is 14.8 Å². The molecule has 1 saturated carbocycles. The number of nitrogens with zero attached hydrogens (tertiary/aromatic N) is 2. The first-order chi connectivity index (χ1) is 8.06. The molecular weight excluding hydrogens is 216 g/mol. The van der Waals surface area contributed by atoms with Crippen molar-refractivity contribution in [3.05, 3.63) is 23.3 Å². The Kier molecular flexibility index (Phi) is 3.41. The summed E-state index contributed by atoms with van der Waals surface area (Å²) in [7, 11) is 0. The number of carbonyl (C=O) groups is 1. The maximum atomic E-state index is 10.9. The minimum absolute atomic E-state index is 0.117. The summed E-state index contributed by atoms with van der Waals surface area (Å²) >= 11 is 0. The van der Waals surface area contributed by atoms with E-state index in [1.165, 1.54) is 18.9 Å². The summed E-state index contributed by atoms with van der Waals surface area (Å²) in [4.78, 5) is 19.5. The van der Waals surface area contributed by atoms with Gasteiger partial charge < -0.3 is 5.11 Å². The van der Waals surface area contributed by atoms with Gasteiger partial charge >= 0.3 is 5.97 Å². The normalized spacial score (nSPS) is 24.6. The molecule has 0 aromatic carbocycles. The molecule has 92 valence electrons. The monoisotopic (exact) mass is 234 g/mol. The van der Waals surface area contributed by atoms with Gasteiger partial charge in [0.15, 0.2) is 5.69 Å². The number of aryl methyl sites for hydroxylation is 1. The first-order valence-corrected chi connectivity index (χ1v) is 6.15. The van der Waals surface area contributed by atoms with Gasteiger partial charge in [0.1, 0.15) is 5.82 Å². The molecule has 0 spiro atoms. The molecule has 1 N–H and O–H groups in total. The maximum Gasteiger partial charge on any atom is 0.354 e. The fourth-order valence-corrected chi connectivity index (χ4v) is 2.40. The molecule has 0 unspecified atom stereocenters. The fourth-order valence-electron chi connectivity index (χ4n) is 2.40. The van der Waals surface area contributed by atoms with Crippen molar-refractivity contribution in [3.8, 4) is 0 Å². The average molecular weight is 234 g/mol. The largest absolute Gasteiger partial charge is 0.477 e. The number of aromatic carboxylic acids is 1. The lowest BCUT2D eigenvalue weighted by Crippen LogP contribution is -2.15. The standard InChI is InChI=1S/C13H18N2O2/c1-8-3-5-10(6-4-8)12-14-9(2)7-11(15-12)13(16)17/h7-8,10H,3-6H2,1-2H3,(H,16,17). The van der Waals surface area contributed by atoms with Gasteiger partial charge in [-0.05, 0) is 31.7 Å². The molecule has 0 amide bonds. The number of aromatic nitrogens is 2. The SMILES string of the molecule is Cc1cc(C(=O)O)nc(C2CCC(C)CC2)n1. The van der Waals surface area contributed by atoms with Crippen molar-refractivity contribution < 1.29 is 9.90 Å². The van der Waals surface area contributed by atoms with Crippen LogP contribution in [0.5, 0.6) is 0 Å². The van der Waals surface area contributed by atoms with Crippen LogP contribution in [0.25, 0.3) is 0 Å². The zero-order chi connectivity index (χ0) is 12.4. The minimum atomic E-state index is -0.971. The van der Waals surface area contributed by atoms with Crippen molar-refractivity contribution in [1.29, 1.82) is 0 Å². The summed E-state index contributed by atoms with van der Waals surface area (Å²) < 4.78 is 0. The van der Waals surface area contributed by atoms with E-state index in [0.717, 1.165) is 24.5 Å². The van der Waals surface area contributed by atoms with E-state index in [1.807, 2.05) is 6.92 Å². The molecule has 0 radical (unpaired) electrons. The Morgan fingerprint density at radius 1 is 1.29 bits per heavy atom. The Morgan fingerprint density at radius 2 is 1.94 bits per heavy atom. The lowest BCUT2D eigenvalue weighted by molar-refractivity contribution is 0.0689. The molecule has 1 aromatic rings. The van der Waals surface area contributed by atoms with Crippen LogP contribution in [0.3, 0.4) is 0 Å². The molecule has 0 atom stereocenters. The van der Waals surface area contributed by atoms with Crippen molar-refractivity contribution in [2.75, 3.05) is 0 Å². The van der Waals surface area contributed by atoms with Crippen LogP contribution in [0.4, 0.5) is 0 Å². The van der Waals surface area contributed by atoms with Crippen LogP contribution in [0, 0.1) is 12.8 Å². The molecular formula is C13H18N2O2. The van der Waals surface area contributed by atoms with Gasteiger partial charge in [0.05, 0.1) is 0 Å². The molecule has 4 heteroatoms. The van der Waals surface area contributed by atoms with Crippen LogP contribution in [0.15, 0.2) is 6.07 Å². The molecule has 1 fully saturated rings. The highest BCUT2D eigenvalue weighted by atomic mass is 16.4. The molecule has 0 aliphatic heterocycles. The van der Waals surface area contributed by atoms with E-state index < -0.39 is 5.97 Å². The number of carboxylic acids is 1. The van der Waals surface area contributed by atoms with Crippen molar-refractivity contribution in [2.24, 2.45) is 5.92 Å². The van der Waals surface area contributed by atoms with Crippen LogP contribution in [0.2, 0.25) is 0 Å². The predicted molar refractivity (Wildman–Crippen MR) is 64.1 cm³/mol. The summed E-state index contributed by atoms with van der Waals surface area (Å²) in [5.41, 5.74) is 0.858. The first-order valence-electron chi connectivity index (χ1n) is 6.15. The van der Waals surface area contributed by atoms with Gasteiger partial charge in [-0.15, -0.1) is 0 Å². The lowest BCUT2D eigenvalue weighted by atomic mass is 9.82. The topological polar surface area (TPSA) is 63.1 Å². The van der Waals surface area contributed by atoms with Gasteiger partial charge in [-0.2, -0.15) is 0 Å². The Labute approximate surface area is 101 Å². The zero-order valence-corrected chi connectivity index (χ0v) is 10.3.